The summed E-state index contributed by atoms with van der Waals surface area (Å²) in [6.07, 6.45) is -10.8. The molecule has 5 aliphatic heterocycles. The summed E-state index contributed by atoms with van der Waals surface area (Å²) < 4.78 is 78.2. The van der Waals surface area contributed by atoms with Crippen molar-refractivity contribution in [3.05, 3.63) is 58.7 Å². The van der Waals surface area contributed by atoms with Gasteiger partial charge in [-0.25, -0.2) is 4.79 Å². The number of allylic oxidation sites excluding steroid dienone is 7. The van der Waals surface area contributed by atoms with Crippen molar-refractivity contribution in [2.75, 3.05) is 35.0 Å². The number of aliphatic carboxylic acids is 1. The molecule has 0 amide bonds. The van der Waals surface area contributed by atoms with Gasteiger partial charge in [0.25, 0.3) is 0 Å². The summed E-state index contributed by atoms with van der Waals surface area (Å²) >= 11 is 0. The Labute approximate surface area is 506 Å². The molecule has 0 radical (unpaired) electrons. The van der Waals surface area contributed by atoms with Gasteiger partial charge in [-0.05, 0) is 74.3 Å². The van der Waals surface area contributed by atoms with Crippen LogP contribution in [0.5, 0.6) is 0 Å². The number of carboxylic acid groups (broad SMARTS) is 1. The average molecular weight is 1230 g/mol. The predicted molar refractivity (Wildman–Crippen MR) is 308 cm³/mol. The van der Waals surface area contributed by atoms with Crippen LogP contribution in [-0.2, 0) is 76.0 Å². The van der Waals surface area contributed by atoms with E-state index in [2.05, 4.69) is 0 Å². The number of hydrogen-bond donors (Lipinski definition) is 8. The van der Waals surface area contributed by atoms with E-state index in [4.69, 9.17) is 61.6 Å². The second-order valence-electron chi connectivity index (χ2n) is 24.3. The smallest absolute Gasteiger partial charge is 0.334 e. The summed E-state index contributed by atoms with van der Waals surface area (Å²) in [5, 5.41) is 91.6. The Morgan fingerprint density at radius 1 is 0.767 bits per heavy atom. The van der Waals surface area contributed by atoms with E-state index in [1.54, 1.807) is 53.7 Å². The van der Waals surface area contributed by atoms with Crippen molar-refractivity contribution in [3.8, 4) is 0 Å². The van der Waals surface area contributed by atoms with Gasteiger partial charge < -0.3 is 102 Å². The van der Waals surface area contributed by atoms with Crippen molar-refractivity contribution in [3.63, 3.8) is 0 Å². The number of methoxy groups -OCH3 is 4. The lowest BCUT2D eigenvalue weighted by atomic mass is 9.76. The topological polar surface area (TPSA) is 333 Å². The average Bonchev–Trinajstić information content (AvgIpc) is 1.18. The van der Waals surface area contributed by atoms with Crippen molar-refractivity contribution >= 4 is 17.9 Å². The highest BCUT2D eigenvalue weighted by molar-refractivity contribution is 5.88. The number of cyclic esters (lactones) is 1. The van der Waals surface area contributed by atoms with Gasteiger partial charge in [0.1, 0.15) is 36.6 Å². The third-order valence-electron chi connectivity index (χ3n) is 17.2. The van der Waals surface area contributed by atoms with E-state index in [1.807, 2.05) is 45.1 Å². The van der Waals surface area contributed by atoms with Crippen LogP contribution in [0, 0.1) is 17.8 Å². The highest BCUT2D eigenvalue weighted by Crippen LogP contribution is 2.43. The largest absolute Gasteiger partial charge is 0.481 e. The molecule has 0 saturated carbocycles. The second kappa shape index (κ2) is 32.9. The number of carbonyl (C=O) groups is 3. The number of ether oxygens (including phenoxy) is 13. The second-order valence-corrected chi connectivity index (χ2v) is 24.3. The molecule has 0 bridgehead atoms. The molecule has 492 valence electrons. The molecule has 5 heterocycles. The van der Waals surface area contributed by atoms with Gasteiger partial charge in [-0.2, -0.15) is 0 Å². The number of hydrogen-bond acceptors (Lipinski definition) is 23. The first-order chi connectivity index (χ1) is 40.4. The Morgan fingerprint density at radius 3 is 2.07 bits per heavy atom. The van der Waals surface area contributed by atoms with E-state index >= 15 is 0 Å². The highest BCUT2D eigenvalue weighted by Gasteiger charge is 2.58. The van der Waals surface area contributed by atoms with Gasteiger partial charge in [0.05, 0.1) is 86.1 Å². The van der Waals surface area contributed by atoms with Crippen molar-refractivity contribution in [2.45, 2.75) is 262 Å². The van der Waals surface area contributed by atoms with Gasteiger partial charge in [-0.3, -0.25) is 9.59 Å². The Bertz CT molecular complexity index is 2340. The van der Waals surface area contributed by atoms with Gasteiger partial charge >= 0.3 is 17.9 Å². The summed E-state index contributed by atoms with van der Waals surface area (Å²) in [5.41, 5.74) is 0.728. The number of carboxylic acids is 1. The molecule has 0 unspecified atom stereocenters. The maximum Gasteiger partial charge on any atom is 0.334 e. The SMILES string of the molecule is COC[C@@H](C[C@H]1O[C@@](O)([C@H](O)[C@@H]2C[C@H](OC)[C@@H](O)CC/C=C(C)/C=C/[C@@H](O[C@@H]3O[C@@H](C)[C@H](OC)[C@@H](O)[C@@H]3OC(=O)CCC(=O)O)[C@H](C)/C=C(C)/C=C(C)/C=C(\C)C(=O)O2)[C@H](C)[C@@H](O)[C@H]1C)O[C@H]1C[C@](C)(O)[C@@H](O[C@H]2C[C@@H](OC)[C@H](O)[C@@H](C)O2)[C@H](C)O1. The van der Waals surface area contributed by atoms with Crippen LogP contribution in [-0.4, -0.2) is 228 Å². The molecule has 25 atom stereocenters. The van der Waals surface area contributed by atoms with Crippen LogP contribution in [0.4, 0.5) is 0 Å². The fraction of sp³-hybridized carbons (Fsp3) is 0.790. The maximum absolute atomic E-state index is 14.2. The van der Waals surface area contributed by atoms with E-state index in [0.29, 0.717) is 12.0 Å². The van der Waals surface area contributed by atoms with E-state index in [9.17, 15) is 55.2 Å². The molecule has 5 aliphatic rings. The van der Waals surface area contributed by atoms with E-state index < -0.39 is 183 Å². The van der Waals surface area contributed by atoms with E-state index in [1.165, 1.54) is 42.3 Å². The molecular weight excluding hydrogens is 1130 g/mol. The first-order valence-electron chi connectivity index (χ1n) is 29.9. The lowest BCUT2D eigenvalue weighted by molar-refractivity contribution is -0.366. The van der Waals surface area contributed by atoms with Crippen LogP contribution < -0.4 is 0 Å². The molecule has 0 spiro atoms. The molecule has 0 aromatic carbocycles. The lowest BCUT2D eigenvalue weighted by Gasteiger charge is -2.51. The predicted octanol–water partition coefficient (Wildman–Crippen LogP) is 4.00. The van der Waals surface area contributed by atoms with Crippen LogP contribution in [0.15, 0.2) is 58.7 Å². The third-order valence-corrected chi connectivity index (χ3v) is 17.2. The monoisotopic (exact) mass is 1230 g/mol. The number of carbonyl (C=O) groups excluding carboxylic acids is 2. The summed E-state index contributed by atoms with van der Waals surface area (Å²) in [6, 6.07) is 0. The molecule has 0 aromatic rings. The number of esters is 2. The zero-order chi connectivity index (χ0) is 64.1. The Morgan fingerprint density at radius 2 is 1.44 bits per heavy atom. The van der Waals surface area contributed by atoms with Crippen molar-refractivity contribution in [1.29, 1.82) is 0 Å². The Kier molecular flexibility index (Phi) is 28.0. The van der Waals surface area contributed by atoms with Gasteiger partial charge in [-0.15, -0.1) is 0 Å². The molecule has 24 heteroatoms. The standard InChI is InChI=1S/C62H100O24/c1-31-17-16-18-42(63)45(75-13)27-47(82-59(71)35(5)25-33(3)23-32(2)24-34(4)43(20-19-31)83-60-56(84-49(66)22-21-48(64)65)54(69)55(77-15)39(9)80-60)57(70)62(73)37(7)52(67)36(6)44(86-62)26-41(30-74-12)81-51-29-61(11,72)58(40(10)79-51)85-50-28-46(76-14)53(68)38(8)78-50/h17,19-20,23-25,34,36-47,50-58,60,63,67-70,72-73H,16,18,21-22,26-30H2,1-15H3,(H,64,65)/b20-19+,31-17+,32-24+,33-23+,35-25+/t34-,36+,37-,38-,39+,40+,41-,42+,43-,44-,45+,46-,47+,50+,51+,52+,53-,54-,55+,56+,57-,58+,60+,61+,62-/m1/s1. The number of aliphatic hydroxyl groups is 7. The molecule has 5 rings (SSSR count). The van der Waals surface area contributed by atoms with Gasteiger partial charge in [0.15, 0.2) is 25.0 Å². The molecule has 24 nitrogen and oxygen atoms in total. The lowest BCUT2D eigenvalue weighted by Crippen LogP contribution is -2.66. The first kappa shape index (κ1) is 73.1. The van der Waals surface area contributed by atoms with E-state index in [-0.39, 0.29) is 44.3 Å². The van der Waals surface area contributed by atoms with Gasteiger partial charge in [0, 0.05) is 77.4 Å². The minimum absolute atomic E-state index is 0.0112. The molecular formula is C62H100O24. The molecule has 86 heavy (non-hydrogen) atoms. The van der Waals surface area contributed by atoms with Crippen molar-refractivity contribution in [2.24, 2.45) is 17.8 Å². The Hall–Kier alpha value is -3.61. The quantitative estimate of drug-likeness (QED) is 0.0847. The highest BCUT2D eigenvalue weighted by atomic mass is 16.7. The van der Waals surface area contributed by atoms with E-state index in [0.717, 1.165) is 11.1 Å². The van der Waals surface area contributed by atoms with Gasteiger partial charge in [-0.1, -0.05) is 67.9 Å². The minimum atomic E-state index is -2.57. The van der Waals surface area contributed by atoms with Crippen molar-refractivity contribution in [1.82, 2.24) is 0 Å². The summed E-state index contributed by atoms with van der Waals surface area (Å²) in [6.45, 7) is 18.8. The molecule has 0 aromatic heterocycles. The Balaban J connectivity index is 1.39. The fourth-order valence-corrected chi connectivity index (χ4v) is 12.1. The molecule has 4 saturated heterocycles. The fourth-order valence-electron chi connectivity index (χ4n) is 12.1. The number of aliphatic hydroxyl groups excluding tert-OH is 5. The molecule has 8 N–H and O–H groups in total. The van der Waals surface area contributed by atoms with Crippen LogP contribution >= 0.6 is 0 Å². The third kappa shape index (κ3) is 19.5. The molecule has 4 fully saturated rings. The van der Waals surface area contributed by atoms with Gasteiger partial charge in [0.2, 0.25) is 5.79 Å². The summed E-state index contributed by atoms with van der Waals surface area (Å²) in [5.74, 6) is -7.76. The zero-order valence-corrected chi connectivity index (χ0v) is 52.7. The van der Waals surface area contributed by atoms with Crippen LogP contribution in [0.1, 0.15) is 128 Å². The zero-order valence-electron chi connectivity index (χ0n) is 52.7. The minimum Gasteiger partial charge on any atom is -0.481 e. The van der Waals surface area contributed by atoms with Crippen molar-refractivity contribution < 1.29 is 117 Å². The maximum atomic E-state index is 14.2. The van der Waals surface area contributed by atoms with Crippen LogP contribution in [0.3, 0.4) is 0 Å². The van der Waals surface area contributed by atoms with Crippen LogP contribution in [0.2, 0.25) is 0 Å². The summed E-state index contributed by atoms with van der Waals surface area (Å²) in [4.78, 5) is 38.3. The first-order valence-corrected chi connectivity index (χ1v) is 29.9. The van der Waals surface area contributed by atoms with Crippen LogP contribution in [0.25, 0.3) is 0 Å². The number of rotatable bonds is 19. The normalized spacial score (nSPS) is 43.7. The molecule has 0 aliphatic carbocycles. The summed E-state index contributed by atoms with van der Waals surface area (Å²) in [7, 11) is 5.70.